The van der Waals surface area contributed by atoms with Crippen LogP contribution in [0, 0.1) is 0 Å². The maximum atomic E-state index is 12.6. The molecule has 3 N–H and O–H groups in total. The molecule has 0 bridgehead atoms. The maximum Gasteiger partial charge on any atom is 0.249 e. The van der Waals surface area contributed by atoms with Crippen LogP contribution < -0.4 is 25.4 Å². The minimum Gasteiger partial charge on any atom is -0.497 e. The average Bonchev–Trinajstić information content (AvgIpc) is 3.22. The third-order valence-corrected chi connectivity index (χ3v) is 4.40. The number of amides is 2. The third kappa shape index (κ3) is 3.42. The van der Waals surface area contributed by atoms with E-state index in [4.69, 9.17) is 15.2 Å². The van der Waals surface area contributed by atoms with E-state index in [9.17, 15) is 9.59 Å². The fourth-order valence-corrected chi connectivity index (χ4v) is 2.68. The number of nitrogens with two attached hydrogens (primary N) is 1. The van der Waals surface area contributed by atoms with Gasteiger partial charge in [0.05, 0.1) is 25.4 Å². The van der Waals surface area contributed by atoms with Gasteiger partial charge in [-0.3, -0.25) is 9.59 Å². The van der Waals surface area contributed by atoms with Crippen LogP contribution >= 0.6 is 12.4 Å². The van der Waals surface area contributed by atoms with Crippen LogP contribution in [-0.4, -0.2) is 44.2 Å². The summed E-state index contributed by atoms with van der Waals surface area (Å²) >= 11 is 0. The maximum absolute atomic E-state index is 12.6. The first-order chi connectivity index (χ1) is 11.0. The summed E-state index contributed by atoms with van der Waals surface area (Å²) in [5.41, 5.74) is 5.79. The van der Waals surface area contributed by atoms with Gasteiger partial charge in [0.25, 0.3) is 0 Å². The number of carbonyl (C=O) groups excluding carboxylic acids is 2. The van der Waals surface area contributed by atoms with Crippen molar-refractivity contribution in [3.63, 3.8) is 0 Å². The first-order valence-corrected chi connectivity index (χ1v) is 7.61. The van der Waals surface area contributed by atoms with Crippen molar-refractivity contribution in [2.45, 2.75) is 30.8 Å². The van der Waals surface area contributed by atoms with Crippen LogP contribution in [0.3, 0.4) is 0 Å². The smallest absolute Gasteiger partial charge is 0.249 e. The van der Waals surface area contributed by atoms with Crippen molar-refractivity contribution < 1.29 is 19.1 Å². The Morgan fingerprint density at radius 2 is 1.83 bits per heavy atom. The number of carbonyl (C=O) groups is 2. The largest absolute Gasteiger partial charge is 0.497 e. The van der Waals surface area contributed by atoms with Crippen molar-refractivity contribution in [2.24, 2.45) is 5.73 Å². The Bertz CT molecular complexity index is 626. The number of benzene rings is 1. The van der Waals surface area contributed by atoms with Gasteiger partial charge < -0.3 is 25.4 Å². The SMILES string of the molecule is COc1cc(OC)cc(N2CCC(NC(=O)C3(N)CC3)C2=O)c1.Cl. The lowest BCUT2D eigenvalue weighted by Crippen LogP contribution is -2.49. The molecule has 0 spiro atoms. The van der Waals surface area contributed by atoms with Gasteiger partial charge in [-0.05, 0) is 19.3 Å². The van der Waals surface area contributed by atoms with E-state index in [1.807, 2.05) is 0 Å². The van der Waals surface area contributed by atoms with Gasteiger partial charge in [0, 0.05) is 24.7 Å². The molecule has 0 radical (unpaired) electrons. The van der Waals surface area contributed by atoms with E-state index in [0.717, 1.165) is 0 Å². The lowest BCUT2D eigenvalue weighted by molar-refractivity contribution is -0.127. The lowest BCUT2D eigenvalue weighted by atomic mass is 10.2. The fraction of sp³-hybridized carbons (Fsp3) is 0.500. The van der Waals surface area contributed by atoms with Gasteiger partial charge in [0.15, 0.2) is 0 Å². The second-order valence-corrected chi connectivity index (χ2v) is 6.03. The number of anilines is 1. The van der Waals surface area contributed by atoms with Gasteiger partial charge >= 0.3 is 0 Å². The molecule has 2 fully saturated rings. The number of nitrogens with zero attached hydrogens (tertiary/aromatic N) is 1. The monoisotopic (exact) mass is 355 g/mol. The van der Waals surface area contributed by atoms with Crippen molar-refractivity contribution >= 4 is 29.9 Å². The first kappa shape index (κ1) is 18.4. The van der Waals surface area contributed by atoms with E-state index in [1.165, 1.54) is 0 Å². The standard InChI is InChI=1S/C16H21N3O4.ClH/c1-22-11-7-10(8-12(9-11)23-2)19-6-3-13(14(19)20)18-15(21)16(17)4-5-16;/h7-9,13H,3-6,17H2,1-2H3,(H,18,21);1H. The van der Waals surface area contributed by atoms with E-state index in [1.54, 1.807) is 37.3 Å². The fourth-order valence-electron chi connectivity index (χ4n) is 2.68. The minimum absolute atomic E-state index is 0. The number of hydrogen-bond donors (Lipinski definition) is 2. The molecule has 1 aromatic carbocycles. The van der Waals surface area contributed by atoms with Crippen molar-refractivity contribution in [3.8, 4) is 11.5 Å². The Morgan fingerprint density at radius 3 is 2.33 bits per heavy atom. The van der Waals surface area contributed by atoms with Crippen LogP contribution in [0.1, 0.15) is 19.3 Å². The third-order valence-electron chi connectivity index (χ3n) is 4.40. The molecule has 1 aliphatic heterocycles. The van der Waals surface area contributed by atoms with Crippen molar-refractivity contribution in [3.05, 3.63) is 18.2 Å². The molecule has 8 heteroatoms. The van der Waals surface area contributed by atoms with Gasteiger partial charge in [0.1, 0.15) is 17.5 Å². The summed E-state index contributed by atoms with van der Waals surface area (Å²) in [6.45, 7) is 0.525. The highest BCUT2D eigenvalue weighted by molar-refractivity contribution is 6.02. The highest BCUT2D eigenvalue weighted by Gasteiger charge is 2.47. The topological polar surface area (TPSA) is 93.9 Å². The first-order valence-electron chi connectivity index (χ1n) is 7.61. The summed E-state index contributed by atoms with van der Waals surface area (Å²) in [5, 5.41) is 2.77. The van der Waals surface area contributed by atoms with Crippen molar-refractivity contribution in [2.75, 3.05) is 25.7 Å². The number of methoxy groups -OCH3 is 2. The zero-order valence-electron chi connectivity index (χ0n) is 13.7. The predicted molar refractivity (Wildman–Crippen MR) is 91.8 cm³/mol. The molecule has 2 aliphatic rings. The summed E-state index contributed by atoms with van der Waals surface area (Å²) < 4.78 is 10.5. The number of hydrogen-bond acceptors (Lipinski definition) is 5. The summed E-state index contributed by atoms with van der Waals surface area (Å²) in [6.07, 6.45) is 1.91. The molecule has 24 heavy (non-hydrogen) atoms. The Morgan fingerprint density at radius 1 is 1.25 bits per heavy atom. The molecule has 132 valence electrons. The molecule has 1 saturated heterocycles. The second-order valence-electron chi connectivity index (χ2n) is 6.03. The predicted octanol–water partition coefficient (Wildman–Crippen LogP) is 0.838. The Hall–Kier alpha value is -1.99. The van der Waals surface area contributed by atoms with E-state index < -0.39 is 11.6 Å². The van der Waals surface area contributed by atoms with Crippen molar-refractivity contribution in [1.29, 1.82) is 0 Å². The number of halogens is 1. The van der Waals surface area contributed by atoms with Gasteiger partial charge in [-0.1, -0.05) is 0 Å². The summed E-state index contributed by atoms with van der Waals surface area (Å²) in [6, 6.07) is 4.77. The van der Waals surface area contributed by atoms with Crippen LogP contribution in [0.4, 0.5) is 5.69 Å². The Kier molecular flexibility index (Phi) is 5.25. The average molecular weight is 356 g/mol. The highest BCUT2D eigenvalue weighted by atomic mass is 35.5. The molecule has 1 aliphatic carbocycles. The Balaban J connectivity index is 0.00000208. The highest BCUT2D eigenvalue weighted by Crippen LogP contribution is 2.34. The van der Waals surface area contributed by atoms with Crippen LogP contribution in [0.5, 0.6) is 11.5 Å². The van der Waals surface area contributed by atoms with Gasteiger partial charge in [-0.25, -0.2) is 0 Å². The van der Waals surface area contributed by atoms with Crippen LogP contribution in [0.15, 0.2) is 18.2 Å². The molecule has 7 nitrogen and oxygen atoms in total. The molecule has 1 heterocycles. The molecular weight excluding hydrogens is 334 g/mol. The zero-order valence-corrected chi connectivity index (χ0v) is 14.5. The van der Waals surface area contributed by atoms with E-state index in [0.29, 0.717) is 43.0 Å². The molecule has 1 aromatic rings. The summed E-state index contributed by atoms with van der Waals surface area (Å²) in [5.74, 6) is 0.843. The van der Waals surface area contributed by atoms with Crippen LogP contribution in [0.25, 0.3) is 0 Å². The molecular formula is C16H22ClN3O4. The Labute approximate surface area is 146 Å². The normalized spacial score (nSPS) is 21.0. The molecule has 1 saturated carbocycles. The second kappa shape index (κ2) is 6.86. The van der Waals surface area contributed by atoms with Crippen molar-refractivity contribution in [1.82, 2.24) is 5.32 Å². The van der Waals surface area contributed by atoms with E-state index in [-0.39, 0.29) is 24.2 Å². The zero-order chi connectivity index (χ0) is 16.6. The molecule has 2 amide bonds. The molecule has 1 unspecified atom stereocenters. The number of nitrogens with one attached hydrogen (secondary N) is 1. The quantitative estimate of drug-likeness (QED) is 0.816. The lowest BCUT2D eigenvalue weighted by Gasteiger charge is -2.19. The van der Waals surface area contributed by atoms with Gasteiger partial charge in [0.2, 0.25) is 11.8 Å². The molecule has 3 rings (SSSR count). The van der Waals surface area contributed by atoms with E-state index in [2.05, 4.69) is 5.32 Å². The van der Waals surface area contributed by atoms with Gasteiger partial charge in [-0.15, -0.1) is 12.4 Å². The van der Waals surface area contributed by atoms with Crippen LogP contribution in [-0.2, 0) is 9.59 Å². The molecule has 0 aromatic heterocycles. The number of ether oxygens (including phenoxy) is 2. The number of rotatable bonds is 5. The summed E-state index contributed by atoms with van der Waals surface area (Å²) in [7, 11) is 3.12. The van der Waals surface area contributed by atoms with Crippen LogP contribution in [0.2, 0.25) is 0 Å². The van der Waals surface area contributed by atoms with E-state index >= 15 is 0 Å². The molecule has 1 atom stereocenters. The van der Waals surface area contributed by atoms with Gasteiger partial charge in [-0.2, -0.15) is 0 Å². The summed E-state index contributed by atoms with van der Waals surface area (Å²) in [4.78, 5) is 26.2. The minimum atomic E-state index is -0.771.